The molecule has 1 aromatic rings. The van der Waals surface area contributed by atoms with Crippen molar-refractivity contribution in [2.24, 2.45) is 5.73 Å². The highest BCUT2D eigenvalue weighted by atomic mass is 16.5. The quantitative estimate of drug-likeness (QED) is 0.261. The molecule has 0 aromatic heterocycles. The lowest BCUT2D eigenvalue weighted by atomic mass is 9.90. The Labute approximate surface area is 167 Å². The molecule has 1 aromatic carbocycles. The van der Waals surface area contributed by atoms with Crippen molar-refractivity contribution in [3.05, 3.63) is 47.9 Å². The van der Waals surface area contributed by atoms with Crippen LogP contribution >= 0.6 is 0 Å². The van der Waals surface area contributed by atoms with Gasteiger partial charge in [0.15, 0.2) is 12.6 Å². The zero-order valence-electron chi connectivity index (χ0n) is 16.8. The van der Waals surface area contributed by atoms with Gasteiger partial charge in [0, 0.05) is 19.5 Å². The van der Waals surface area contributed by atoms with Crippen LogP contribution in [0.4, 0.5) is 0 Å². The summed E-state index contributed by atoms with van der Waals surface area (Å²) in [7, 11) is 0. The van der Waals surface area contributed by atoms with Gasteiger partial charge in [0.1, 0.15) is 0 Å². The average molecular weight is 389 g/mol. The van der Waals surface area contributed by atoms with Crippen molar-refractivity contribution in [1.29, 1.82) is 5.41 Å². The first-order chi connectivity index (χ1) is 13.4. The SMILES string of the molecule is C/C=C(\N)OCN(C=N)CC1(O)CCN(C(=O)C[C@@H](C)c2ccccc2)CC1. The summed E-state index contributed by atoms with van der Waals surface area (Å²) in [6, 6.07) is 10.0. The molecule has 1 aliphatic rings. The molecule has 4 N–H and O–H groups in total. The third-order valence-corrected chi connectivity index (χ3v) is 5.26. The molecule has 28 heavy (non-hydrogen) atoms. The Hall–Kier alpha value is -2.54. The van der Waals surface area contributed by atoms with E-state index in [0.29, 0.717) is 32.4 Å². The smallest absolute Gasteiger partial charge is 0.223 e. The van der Waals surface area contributed by atoms with Crippen molar-refractivity contribution in [2.45, 2.75) is 44.6 Å². The highest BCUT2D eigenvalue weighted by molar-refractivity contribution is 5.77. The van der Waals surface area contributed by atoms with Crippen LogP contribution in [0.15, 0.2) is 42.3 Å². The van der Waals surface area contributed by atoms with E-state index in [1.807, 2.05) is 35.2 Å². The first-order valence-electron chi connectivity index (χ1n) is 9.71. The second-order valence-electron chi connectivity index (χ2n) is 7.46. The van der Waals surface area contributed by atoms with Crippen LogP contribution in [0.1, 0.15) is 44.6 Å². The molecule has 154 valence electrons. The number of hydrogen-bond donors (Lipinski definition) is 3. The van der Waals surface area contributed by atoms with Crippen LogP contribution in [0.5, 0.6) is 0 Å². The Bertz CT molecular complexity index is 669. The highest BCUT2D eigenvalue weighted by Crippen LogP contribution is 2.26. The molecule has 0 unspecified atom stereocenters. The Balaban J connectivity index is 1.83. The number of carbonyl (C=O) groups excluding carboxylic acids is 1. The molecule has 1 amide bonds. The largest absolute Gasteiger partial charge is 0.459 e. The highest BCUT2D eigenvalue weighted by Gasteiger charge is 2.35. The lowest BCUT2D eigenvalue weighted by Crippen LogP contribution is -2.52. The van der Waals surface area contributed by atoms with Crippen molar-refractivity contribution in [2.75, 3.05) is 26.4 Å². The van der Waals surface area contributed by atoms with E-state index >= 15 is 0 Å². The van der Waals surface area contributed by atoms with Gasteiger partial charge in [0.05, 0.1) is 18.5 Å². The number of allylic oxidation sites excluding steroid dienone is 1. The molecule has 0 spiro atoms. The predicted molar refractivity (Wildman–Crippen MR) is 110 cm³/mol. The first-order valence-corrected chi connectivity index (χ1v) is 9.71. The molecule has 0 radical (unpaired) electrons. The normalized spacial score (nSPS) is 17.7. The number of nitrogens with one attached hydrogen (secondary N) is 1. The molecule has 1 fully saturated rings. The van der Waals surface area contributed by atoms with Crippen molar-refractivity contribution < 1.29 is 14.6 Å². The minimum Gasteiger partial charge on any atom is -0.459 e. The molecule has 1 saturated heterocycles. The van der Waals surface area contributed by atoms with Gasteiger partial charge in [-0.15, -0.1) is 0 Å². The van der Waals surface area contributed by atoms with Crippen LogP contribution < -0.4 is 5.73 Å². The lowest BCUT2D eigenvalue weighted by Gasteiger charge is -2.40. The third-order valence-electron chi connectivity index (χ3n) is 5.26. The van der Waals surface area contributed by atoms with Gasteiger partial charge in [-0.25, -0.2) is 0 Å². The van der Waals surface area contributed by atoms with E-state index in [-0.39, 0.29) is 31.0 Å². The number of benzene rings is 1. The third kappa shape index (κ3) is 6.27. The first kappa shape index (κ1) is 21.8. The number of aliphatic hydroxyl groups is 1. The number of hydrogen-bond acceptors (Lipinski definition) is 5. The maximum Gasteiger partial charge on any atom is 0.223 e. The van der Waals surface area contributed by atoms with Crippen LogP contribution in [-0.4, -0.2) is 59.1 Å². The number of nitrogens with two attached hydrogens (primary N) is 1. The molecule has 0 bridgehead atoms. The Morgan fingerprint density at radius 3 is 2.61 bits per heavy atom. The van der Waals surface area contributed by atoms with Crippen molar-refractivity contribution >= 4 is 12.2 Å². The molecular formula is C21H32N4O3. The summed E-state index contributed by atoms with van der Waals surface area (Å²) in [6.07, 6.45) is 4.19. The summed E-state index contributed by atoms with van der Waals surface area (Å²) in [5.74, 6) is 0.565. The summed E-state index contributed by atoms with van der Waals surface area (Å²) in [5.41, 5.74) is 5.81. The van der Waals surface area contributed by atoms with Crippen LogP contribution in [0.3, 0.4) is 0 Å². The fraction of sp³-hybridized carbons (Fsp3) is 0.524. The Morgan fingerprint density at radius 1 is 1.39 bits per heavy atom. The minimum atomic E-state index is -0.951. The van der Waals surface area contributed by atoms with E-state index in [2.05, 4.69) is 6.92 Å². The van der Waals surface area contributed by atoms with Crippen LogP contribution in [0.2, 0.25) is 0 Å². The Morgan fingerprint density at radius 2 is 2.04 bits per heavy atom. The molecule has 1 aliphatic heterocycles. The molecule has 1 atom stereocenters. The summed E-state index contributed by atoms with van der Waals surface area (Å²) in [6.45, 7) is 5.24. The second kappa shape index (κ2) is 10.1. The van der Waals surface area contributed by atoms with Gasteiger partial charge in [-0.2, -0.15) is 0 Å². The maximum atomic E-state index is 12.6. The number of rotatable bonds is 9. The molecule has 0 saturated carbocycles. The molecular weight excluding hydrogens is 356 g/mol. The second-order valence-corrected chi connectivity index (χ2v) is 7.46. The zero-order chi connectivity index (χ0) is 20.6. The van der Waals surface area contributed by atoms with Gasteiger partial charge in [-0.3, -0.25) is 10.2 Å². The molecule has 7 nitrogen and oxygen atoms in total. The van der Waals surface area contributed by atoms with Gasteiger partial charge >= 0.3 is 0 Å². The van der Waals surface area contributed by atoms with Gasteiger partial charge in [0.25, 0.3) is 0 Å². The van der Waals surface area contributed by atoms with Crippen molar-refractivity contribution in [1.82, 2.24) is 9.80 Å². The molecule has 1 heterocycles. The van der Waals surface area contributed by atoms with Crippen LogP contribution in [0, 0.1) is 5.41 Å². The summed E-state index contributed by atoms with van der Waals surface area (Å²) < 4.78 is 5.31. The van der Waals surface area contributed by atoms with Crippen LogP contribution in [0.25, 0.3) is 0 Å². The van der Waals surface area contributed by atoms with Gasteiger partial charge in [-0.05, 0) is 37.3 Å². The lowest BCUT2D eigenvalue weighted by molar-refractivity contribution is -0.136. The van der Waals surface area contributed by atoms with Gasteiger partial charge in [0.2, 0.25) is 5.91 Å². The van der Waals surface area contributed by atoms with E-state index in [0.717, 1.165) is 11.9 Å². The summed E-state index contributed by atoms with van der Waals surface area (Å²) in [5, 5.41) is 18.4. The zero-order valence-corrected chi connectivity index (χ0v) is 16.8. The van der Waals surface area contributed by atoms with Crippen molar-refractivity contribution in [3.8, 4) is 0 Å². The van der Waals surface area contributed by atoms with Crippen LogP contribution in [-0.2, 0) is 9.53 Å². The Kier molecular flexibility index (Phi) is 7.87. The maximum absolute atomic E-state index is 12.6. The number of piperidine rings is 1. The number of ether oxygens (including phenoxy) is 1. The molecule has 2 rings (SSSR count). The van der Waals surface area contributed by atoms with Gasteiger partial charge < -0.3 is 25.4 Å². The monoisotopic (exact) mass is 388 g/mol. The number of amides is 1. The number of likely N-dealkylation sites (tertiary alicyclic amines) is 1. The average Bonchev–Trinajstić information content (AvgIpc) is 2.71. The van der Waals surface area contributed by atoms with E-state index in [1.54, 1.807) is 17.9 Å². The molecule has 0 aliphatic carbocycles. The summed E-state index contributed by atoms with van der Waals surface area (Å²) >= 11 is 0. The topological polar surface area (TPSA) is 103 Å². The van der Waals surface area contributed by atoms with E-state index in [4.69, 9.17) is 15.9 Å². The predicted octanol–water partition coefficient (Wildman–Crippen LogP) is 2.24. The van der Waals surface area contributed by atoms with Gasteiger partial charge in [-0.1, -0.05) is 37.3 Å². The standard InChI is InChI=1S/C21H32N4O3/c1-3-19(23)28-16-24(15-22)14-21(27)9-11-25(12-10-21)20(26)13-17(2)18-7-5-4-6-8-18/h3-8,15,17,22,27H,9-14,16,23H2,1-2H3/b19-3+,22-15?/t17-/m1/s1. The van der Waals surface area contributed by atoms with Crippen molar-refractivity contribution in [3.63, 3.8) is 0 Å². The number of carbonyl (C=O) groups is 1. The number of nitrogens with zero attached hydrogens (tertiary/aromatic N) is 2. The minimum absolute atomic E-state index is 0.110. The fourth-order valence-electron chi connectivity index (χ4n) is 3.37. The van der Waals surface area contributed by atoms with E-state index in [9.17, 15) is 9.90 Å². The van der Waals surface area contributed by atoms with E-state index < -0.39 is 5.60 Å². The molecule has 7 heteroatoms. The van der Waals surface area contributed by atoms with E-state index in [1.165, 1.54) is 0 Å². The summed E-state index contributed by atoms with van der Waals surface area (Å²) in [4.78, 5) is 16.0. The fourth-order valence-corrected chi connectivity index (χ4v) is 3.37.